The molecule has 0 aliphatic rings. The summed E-state index contributed by atoms with van der Waals surface area (Å²) < 4.78 is 6.68. The van der Waals surface area contributed by atoms with E-state index in [-0.39, 0.29) is 21.5 Å². The summed E-state index contributed by atoms with van der Waals surface area (Å²) in [5.41, 5.74) is 3.13. The molecular formula is C19H29NO3SeSi. The predicted molar refractivity (Wildman–Crippen MR) is 107 cm³/mol. The van der Waals surface area contributed by atoms with E-state index in [9.17, 15) is 9.90 Å². The number of nitrogens with zero attached hydrogens (tertiary/aromatic N) is 1. The topological polar surface area (TPSA) is 49.8 Å². The van der Waals surface area contributed by atoms with E-state index >= 15 is 0 Å². The van der Waals surface area contributed by atoms with E-state index in [1.165, 1.54) is 4.46 Å². The molecule has 0 spiro atoms. The van der Waals surface area contributed by atoms with Crippen LogP contribution in [0.15, 0.2) is 30.3 Å². The third-order valence-electron chi connectivity index (χ3n) is 2.79. The molecule has 25 heavy (non-hydrogen) atoms. The summed E-state index contributed by atoms with van der Waals surface area (Å²) in [6.45, 7) is 12.1. The minimum absolute atomic E-state index is 0.0874. The van der Waals surface area contributed by atoms with Crippen molar-refractivity contribution in [1.29, 1.82) is 0 Å². The maximum atomic E-state index is 12.5. The van der Waals surface area contributed by atoms with Gasteiger partial charge in [0.15, 0.2) is 0 Å². The van der Waals surface area contributed by atoms with Gasteiger partial charge in [0.1, 0.15) is 0 Å². The standard InChI is InChI=1S/C19H29NO3SeSi/c1-19(2,3)23-18(22)20(14-16(21)12-13-25(4,5)6)15-24-17-10-8-7-9-11-17/h7-11,16,21H,14-15H2,1-6H3. The van der Waals surface area contributed by atoms with Crippen LogP contribution in [-0.4, -0.2) is 62.8 Å². The quantitative estimate of drug-likeness (QED) is 0.581. The Kier molecular flexibility index (Phi) is 8.23. The average molecular weight is 426 g/mol. The van der Waals surface area contributed by atoms with Crippen LogP contribution in [-0.2, 0) is 4.74 Å². The molecule has 1 N–H and O–H groups in total. The van der Waals surface area contributed by atoms with Crippen molar-refractivity contribution in [1.82, 2.24) is 4.90 Å². The van der Waals surface area contributed by atoms with Gasteiger partial charge in [-0.2, -0.15) is 0 Å². The van der Waals surface area contributed by atoms with Gasteiger partial charge in [0.2, 0.25) is 0 Å². The molecule has 1 amide bonds. The monoisotopic (exact) mass is 427 g/mol. The van der Waals surface area contributed by atoms with Crippen LogP contribution in [0.5, 0.6) is 0 Å². The predicted octanol–water partition coefficient (Wildman–Crippen LogP) is 2.45. The van der Waals surface area contributed by atoms with Crippen LogP contribution in [0.25, 0.3) is 0 Å². The van der Waals surface area contributed by atoms with Crippen molar-refractivity contribution in [3.05, 3.63) is 30.3 Å². The first kappa shape index (κ1) is 21.8. The summed E-state index contributed by atoms with van der Waals surface area (Å²) in [6.07, 6.45) is -1.26. The van der Waals surface area contributed by atoms with Gasteiger partial charge < -0.3 is 0 Å². The molecule has 0 heterocycles. The van der Waals surface area contributed by atoms with Crippen molar-refractivity contribution in [2.24, 2.45) is 0 Å². The van der Waals surface area contributed by atoms with Crippen LogP contribution in [0.1, 0.15) is 20.8 Å². The Bertz CT molecular complexity index is 612. The van der Waals surface area contributed by atoms with Crippen molar-refractivity contribution in [3.8, 4) is 11.5 Å². The molecule has 138 valence electrons. The fourth-order valence-corrected chi connectivity index (χ4v) is 4.14. The molecular weight excluding hydrogens is 397 g/mol. The third-order valence-corrected chi connectivity index (χ3v) is 5.88. The summed E-state index contributed by atoms with van der Waals surface area (Å²) in [7, 11) is -1.56. The number of hydrogen-bond acceptors (Lipinski definition) is 3. The molecule has 1 aromatic rings. The Hall–Kier alpha value is -1.25. The fraction of sp³-hybridized carbons (Fsp3) is 0.526. The van der Waals surface area contributed by atoms with Crippen LogP contribution in [0.2, 0.25) is 19.6 Å². The van der Waals surface area contributed by atoms with Crippen molar-refractivity contribution in [3.63, 3.8) is 0 Å². The van der Waals surface area contributed by atoms with Gasteiger partial charge >= 0.3 is 159 Å². The molecule has 0 fully saturated rings. The molecule has 0 aliphatic heterocycles. The third kappa shape index (κ3) is 10.4. The van der Waals surface area contributed by atoms with Crippen molar-refractivity contribution in [2.75, 3.05) is 12.0 Å². The first-order valence-corrected chi connectivity index (χ1v) is 13.9. The number of aliphatic hydroxyl groups excluding tert-OH is 1. The molecule has 0 aliphatic carbocycles. The Morgan fingerprint density at radius 2 is 1.88 bits per heavy atom. The number of amides is 1. The van der Waals surface area contributed by atoms with E-state index in [1.807, 2.05) is 39.0 Å². The number of hydrogen-bond donors (Lipinski definition) is 1. The SMILES string of the molecule is CC(C)(C)OC(=O)N(C[Se]c1ccccc1)CC(O)C#C[Si](C)(C)C. The Morgan fingerprint density at radius 1 is 1.28 bits per heavy atom. The zero-order valence-corrected chi connectivity index (χ0v) is 18.7. The van der Waals surface area contributed by atoms with Crippen LogP contribution in [0.4, 0.5) is 4.79 Å². The van der Waals surface area contributed by atoms with Crippen molar-refractivity contribution >= 4 is 33.6 Å². The zero-order valence-electron chi connectivity index (χ0n) is 16.0. The van der Waals surface area contributed by atoms with Gasteiger partial charge in [0.25, 0.3) is 0 Å². The minimum atomic E-state index is -1.56. The number of carbonyl (C=O) groups excluding carboxylic acids is 1. The van der Waals surface area contributed by atoms with Gasteiger partial charge in [-0.15, -0.1) is 0 Å². The summed E-state index contributed by atoms with van der Waals surface area (Å²) in [5.74, 6) is 2.89. The maximum absolute atomic E-state index is 12.5. The normalized spacial score (nSPS) is 12.8. The number of benzene rings is 1. The summed E-state index contributed by atoms with van der Waals surface area (Å²) >= 11 is 0.0874. The molecule has 1 atom stereocenters. The Morgan fingerprint density at radius 3 is 2.40 bits per heavy atom. The molecule has 0 aromatic heterocycles. The molecule has 1 unspecified atom stereocenters. The first-order valence-electron chi connectivity index (χ1n) is 8.33. The number of carbonyl (C=O) groups is 1. The van der Waals surface area contributed by atoms with Crippen LogP contribution >= 0.6 is 0 Å². The van der Waals surface area contributed by atoms with Gasteiger partial charge in [0, 0.05) is 0 Å². The van der Waals surface area contributed by atoms with Gasteiger partial charge in [0.05, 0.1) is 0 Å². The van der Waals surface area contributed by atoms with Crippen LogP contribution in [0.3, 0.4) is 0 Å². The second-order valence-corrected chi connectivity index (χ2v) is 14.7. The second-order valence-electron chi connectivity index (χ2n) is 7.82. The van der Waals surface area contributed by atoms with E-state index in [0.717, 1.165) is 0 Å². The molecule has 6 heteroatoms. The molecule has 1 aromatic carbocycles. The summed E-state index contributed by atoms with van der Waals surface area (Å²) in [4.78, 5) is 14.1. The average Bonchev–Trinajstić information content (AvgIpc) is 2.48. The second kappa shape index (κ2) is 9.45. The Labute approximate surface area is 159 Å². The molecule has 0 radical (unpaired) electrons. The fourth-order valence-electron chi connectivity index (χ4n) is 1.73. The summed E-state index contributed by atoms with van der Waals surface area (Å²) in [5, 5.41) is 10.2. The van der Waals surface area contributed by atoms with E-state index < -0.39 is 25.9 Å². The van der Waals surface area contributed by atoms with Gasteiger partial charge in [-0.25, -0.2) is 0 Å². The number of aliphatic hydroxyl groups is 1. The Balaban J connectivity index is 2.79. The zero-order chi connectivity index (χ0) is 19.1. The first-order chi connectivity index (χ1) is 11.5. The number of rotatable bonds is 5. The van der Waals surface area contributed by atoms with E-state index in [1.54, 1.807) is 4.90 Å². The van der Waals surface area contributed by atoms with Crippen molar-refractivity contribution < 1.29 is 14.6 Å². The van der Waals surface area contributed by atoms with Gasteiger partial charge in [-0.3, -0.25) is 0 Å². The molecule has 0 bridgehead atoms. The molecule has 0 saturated carbocycles. The van der Waals surface area contributed by atoms with Crippen molar-refractivity contribution in [2.45, 2.75) is 52.1 Å². The van der Waals surface area contributed by atoms with Gasteiger partial charge in [-0.1, -0.05) is 0 Å². The van der Waals surface area contributed by atoms with Crippen LogP contribution < -0.4 is 4.46 Å². The van der Waals surface area contributed by atoms with E-state index in [4.69, 9.17) is 4.74 Å². The van der Waals surface area contributed by atoms with Crippen LogP contribution in [0, 0.1) is 11.5 Å². The number of ether oxygens (including phenoxy) is 1. The molecule has 4 nitrogen and oxygen atoms in total. The van der Waals surface area contributed by atoms with E-state index in [0.29, 0.717) is 5.44 Å². The molecule has 0 saturated heterocycles. The van der Waals surface area contributed by atoms with Gasteiger partial charge in [-0.05, 0) is 0 Å². The summed E-state index contributed by atoms with van der Waals surface area (Å²) in [6, 6.07) is 10.1. The molecule has 1 rings (SSSR count). The van der Waals surface area contributed by atoms with E-state index in [2.05, 4.69) is 43.2 Å².